The van der Waals surface area contributed by atoms with E-state index in [4.69, 9.17) is 5.11 Å². The Labute approximate surface area is 93.5 Å². The summed E-state index contributed by atoms with van der Waals surface area (Å²) >= 11 is 0. The Morgan fingerprint density at radius 2 is 2.00 bits per heavy atom. The highest BCUT2D eigenvalue weighted by molar-refractivity contribution is 5.74. The van der Waals surface area contributed by atoms with E-state index in [1.807, 2.05) is 20.9 Å². The number of aliphatic carboxylic acids is 1. The second kappa shape index (κ2) is 6.11. The summed E-state index contributed by atoms with van der Waals surface area (Å²) in [7, 11) is 2.00. The van der Waals surface area contributed by atoms with Crippen LogP contribution in [0.2, 0.25) is 0 Å². The van der Waals surface area contributed by atoms with Crippen molar-refractivity contribution in [2.75, 3.05) is 20.1 Å². The van der Waals surface area contributed by atoms with Gasteiger partial charge in [0.25, 0.3) is 0 Å². The van der Waals surface area contributed by atoms with Gasteiger partial charge in [-0.25, -0.2) is 0 Å². The van der Waals surface area contributed by atoms with Gasteiger partial charge < -0.3 is 10.0 Å². The van der Waals surface area contributed by atoms with Crippen molar-refractivity contribution in [3.63, 3.8) is 0 Å². The molecule has 3 heteroatoms. The van der Waals surface area contributed by atoms with Gasteiger partial charge >= 0.3 is 5.97 Å². The minimum Gasteiger partial charge on any atom is -0.481 e. The fourth-order valence-electron chi connectivity index (χ4n) is 1.48. The lowest BCUT2D eigenvalue weighted by molar-refractivity contribution is -0.149. The summed E-state index contributed by atoms with van der Waals surface area (Å²) in [6, 6.07) is 0. The highest BCUT2D eigenvalue weighted by atomic mass is 16.4. The first-order chi connectivity index (χ1) is 6.81. The van der Waals surface area contributed by atoms with Gasteiger partial charge in [0.2, 0.25) is 0 Å². The van der Waals surface area contributed by atoms with Gasteiger partial charge in [-0.05, 0) is 39.3 Å². The molecular formula is C12H25NO2. The molecule has 0 aliphatic rings. The van der Waals surface area contributed by atoms with Crippen molar-refractivity contribution in [3.05, 3.63) is 0 Å². The van der Waals surface area contributed by atoms with Crippen molar-refractivity contribution in [1.82, 2.24) is 4.90 Å². The molecule has 0 saturated carbocycles. The van der Waals surface area contributed by atoms with Crippen molar-refractivity contribution >= 4 is 5.97 Å². The maximum atomic E-state index is 11.1. The van der Waals surface area contributed by atoms with E-state index < -0.39 is 11.4 Å². The Morgan fingerprint density at radius 1 is 1.47 bits per heavy atom. The molecule has 0 bridgehead atoms. The highest BCUT2D eigenvalue weighted by Crippen LogP contribution is 2.22. The lowest BCUT2D eigenvalue weighted by Crippen LogP contribution is -2.39. The predicted molar refractivity (Wildman–Crippen MR) is 63.0 cm³/mol. The van der Waals surface area contributed by atoms with Gasteiger partial charge in [0.15, 0.2) is 0 Å². The number of carboxylic acids is 1. The van der Waals surface area contributed by atoms with Crippen LogP contribution in [0.5, 0.6) is 0 Å². The molecule has 3 nitrogen and oxygen atoms in total. The second-order valence-electron chi connectivity index (χ2n) is 5.14. The average molecular weight is 215 g/mol. The topological polar surface area (TPSA) is 40.5 Å². The maximum Gasteiger partial charge on any atom is 0.310 e. The Hall–Kier alpha value is -0.570. The van der Waals surface area contributed by atoms with E-state index in [1.54, 1.807) is 0 Å². The predicted octanol–water partition coefficient (Wildman–Crippen LogP) is 2.47. The molecule has 0 fully saturated rings. The molecule has 0 rings (SSSR count). The molecule has 90 valence electrons. The van der Waals surface area contributed by atoms with E-state index in [0.29, 0.717) is 18.9 Å². The third-order valence-corrected chi connectivity index (χ3v) is 3.00. The van der Waals surface area contributed by atoms with Crippen LogP contribution in [0.15, 0.2) is 0 Å². The normalized spacial score (nSPS) is 15.7. The molecule has 15 heavy (non-hydrogen) atoms. The number of carbonyl (C=O) groups is 1. The third-order valence-electron chi connectivity index (χ3n) is 3.00. The molecular weight excluding hydrogens is 190 g/mol. The average Bonchev–Trinajstić information content (AvgIpc) is 2.14. The molecule has 0 radical (unpaired) electrons. The lowest BCUT2D eigenvalue weighted by Gasteiger charge is -2.29. The van der Waals surface area contributed by atoms with E-state index in [2.05, 4.69) is 18.7 Å². The molecule has 0 aliphatic heterocycles. The second-order valence-corrected chi connectivity index (χ2v) is 5.14. The van der Waals surface area contributed by atoms with Gasteiger partial charge in [-0.1, -0.05) is 20.8 Å². The van der Waals surface area contributed by atoms with Gasteiger partial charge in [-0.2, -0.15) is 0 Å². The van der Waals surface area contributed by atoms with E-state index in [9.17, 15) is 4.79 Å². The van der Waals surface area contributed by atoms with Gasteiger partial charge in [-0.15, -0.1) is 0 Å². The summed E-state index contributed by atoms with van der Waals surface area (Å²) in [5.74, 6) is -0.0217. The fraction of sp³-hybridized carbons (Fsp3) is 0.917. The van der Waals surface area contributed by atoms with Crippen LogP contribution in [0, 0.1) is 11.3 Å². The van der Waals surface area contributed by atoms with Crippen LogP contribution in [-0.2, 0) is 4.79 Å². The minimum absolute atomic E-state index is 0.605. The number of nitrogens with zero attached hydrogens (tertiary/aromatic N) is 1. The summed E-state index contributed by atoms with van der Waals surface area (Å²) in [6.07, 6.45) is 1.80. The number of rotatable bonds is 7. The zero-order valence-corrected chi connectivity index (χ0v) is 10.7. The smallest absolute Gasteiger partial charge is 0.310 e. The largest absolute Gasteiger partial charge is 0.481 e. The SMILES string of the molecule is CCC(C)(CN(C)CCC(C)C)C(=O)O. The summed E-state index contributed by atoms with van der Waals surface area (Å²) < 4.78 is 0. The van der Waals surface area contributed by atoms with Crippen LogP contribution >= 0.6 is 0 Å². The van der Waals surface area contributed by atoms with Crippen molar-refractivity contribution in [1.29, 1.82) is 0 Å². The summed E-state index contributed by atoms with van der Waals surface area (Å²) in [4.78, 5) is 13.2. The van der Waals surface area contributed by atoms with Gasteiger partial charge in [-0.3, -0.25) is 4.79 Å². The van der Waals surface area contributed by atoms with Crippen LogP contribution in [-0.4, -0.2) is 36.1 Å². The van der Waals surface area contributed by atoms with Crippen LogP contribution in [0.4, 0.5) is 0 Å². The molecule has 0 aromatic carbocycles. The molecule has 1 unspecified atom stereocenters. The van der Waals surface area contributed by atoms with Crippen molar-refractivity contribution in [2.24, 2.45) is 11.3 Å². The molecule has 0 saturated heterocycles. The first-order valence-electron chi connectivity index (χ1n) is 5.73. The number of carboxylic acid groups (broad SMARTS) is 1. The van der Waals surface area contributed by atoms with E-state index in [-0.39, 0.29) is 0 Å². The summed E-state index contributed by atoms with van der Waals surface area (Å²) in [5.41, 5.74) is -0.605. The third kappa shape index (κ3) is 5.17. The number of hydrogen-bond acceptors (Lipinski definition) is 2. The quantitative estimate of drug-likeness (QED) is 0.709. The summed E-state index contributed by atoms with van der Waals surface area (Å²) in [5, 5.41) is 9.13. The van der Waals surface area contributed by atoms with Crippen LogP contribution in [0.1, 0.15) is 40.5 Å². The lowest BCUT2D eigenvalue weighted by atomic mass is 9.87. The van der Waals surface area contributed by atoms with Crippen molar-refractivity contribution in [2.45, 2.75) is 40.5 Å². The molecule has 0 amide bonds. The van der Waals surface area contributed by atoms with Crippen LogP contribution < -0.4 is 0 Å². The maximum absolute atomic E-state index is 11.1. The zero-order chi connectivity index (χ0) is 12.1. The zero-order valence-electron chi connectivity index (χ0n) is 10.7. The molecule has 0 aromatic heterocycles. The molecule has 1 N–H and O–H groups in total. The summed E-state index contributed by atoms with van der Waals surface area (Å²) in [6.45, 7) is 9.73. The van der Waals surface area contributed by atoms with E-state index >= 15 is 0 Å². The highest BCUT2D eigenvalue weighted by Gasteiger charge is 2.32. The Bertz CT molecular complexity index is 204. The minimum atomic E-state index is -0.693. The Kier molecular flexibility index (Phi) is 5.88. The molecule has 0 spiro atoms. The van der Waals surface area contributed by atoms with Gasteiger partial charge in [0.1, 0.15) is 0 Å². The van der Waals surface area contributed by atoms with E-state index in [0.717, 1.165) is 13.0 Å². The van der Waals surface area contributed by atoms with Crippen molar-refractivity contribution in [3.8, 4) is 0 Å². The molecule has 0 aromatic rings. The monoisotopic (exact) mass is 215 g/mol. The fourth-order valence-corrected chi connectivity index (χ4v) is 1.48. The van der Waals surface area contributed by atoms with Crippen LogP contribution in [0.25, 0.3) is 0 Å². The molecule has 0 heterocycles. The van der Waals surface area contributed by atoms with Crippen LogP contribution in [0.3, 0.4) is 0 Å². The first kappa shape index (κ1) is 14.4. The Morgan fingerprint density at radius 3 is 2.33 bits per heavy atom. The standard InChI is InChI=1S/C12H25NO2/c1-6-12(4,11(14)15)9-13(5)8-7-10(2)3/h10H,6-9H2,1-5H3,(H,14,15). The van der Waals surface area contributed by atoms with E-state index in [1.165, 1.54) is 0 Å². The number of hydrogen-bond donors (Lipinski definition) is 1. The van der Waals surface area contributed by atoms with Gasteiger partial charge in [0, 0.05) is 6.54 Å². The first-order valence-corrected chi connectivity index (χ1v) is 5.73. The molecule has 0 aliphatic carbocycles. The van der Waals surface area contributed by atoms with Crippen molar-refractivity contribution < 1.29 is 9.90 Å². The molecule has 1 atom stereocenters. The van der Waals surface area contributed by atoms with Gasteiger partial charge in [0.05, 0.1) is 5.41 Å². The Balaban J connectivity index is 4.13.